The molecule has 0 saturated heterocycles. The normalized spacial score (nSPS) is 18.6. The molecule has 100 valence electrons. The van der Waals surface area contributed by atoms with Crippen molar-refractivity contribution in [2.75, 3.05) is 0 Å². The molecule has 0 bridgehead atoms. The monoisotopic (exact) mass is 270 g/mol. The van der Waals surface area contributed by atoms with E-state index in [0.29, 0.717) is 24.0 Å². The predicted octanol–water partition coefficient (Wildman–Crippen LogP) is 1.23. The second kappa shape index (κ2) is 4.90. The van der Waals surface area contributed by atoms with Gasteiger partial charge in [0.1, 0.15) is 0 Å². The summed E-state index contributed by atoms with van der Waals surface area (Å²) in [4.78, 5) is 11.6. The van der Waals surface area contributed by atoms with Crippen LogP contribution in [-0.2, 0) is 11.3 Å². The van der Waals surface area contributed by atoms with E-state index in [1.165, 1.54) is 0 Å². The van der Waals surface area contributed by atoms with Crippen molar-refractivity contribution in [3.05, 3.63) is 16.9 Å². The summed E-state index contributed by atoms with van der Waals surface area (Å²) in [7, 11) is 0. The van der Waals surface area contributed by atoms with Crippen LogP contribution in [0.4, 0.5) is 0 Å². The highest BCUT2D eigenvalue weighted by Gasteiger charge is 2.36. The van der Waals surface area contributed by atoms with Crippen molar-refractivity contribution in [1.29, 1.82) is 0 Å². The molecule has 1 aromatic rings. The Morgan fingerprint density at radius 1 is 1.72 bits per heavy atom. The fourth-order valence-electron chi connectivity index (χ4n) is 1.89. The zero-order valence-electron chi connectivity index (χ0n) is 10.7. The second-order valence-electron chi connectivity index (χ2n) is 5.19. The first-order valence-corrected chi connectivity index (χ1v) is 6.56. The Morgan fingerprint density at radius 3 is 2.83 bits per heavy atom. The summed E-state index contributed by atoms with van der Waals surface area (Å²) in [5.41, 5.74) is 5.61. The van der Waals surface area contributed by atoms with Gasteiger partial charge in [-0.1, -0.05) is 11.6 Å². The van der Waals surface area contributed by atoms with Crippen LogP contribution in [0.1, 0.15) is 31.9 Å². The summed E-state index contributed by atoms with van der Waals surface area (Å²) < 4.78 is 1.76. The lowest BCUT2D eigenvalue weighted by Crippen LogP contribution is -2.54. The Kier molecular flexibility index (Phi) is 3.64. The highest BCUT2D eigenvalue weighted by molar-refractivity contribution is 6.31. The first-order chi connectivity index (χ1) is 8.40. The van der Waals surface area contributed by atoms with Gasteiger partial charge in [-0.15, -0.1) is 0 Å². The summed E-state index contributed by atoms with van der Waals surface area (Å²) in [6.07, 6.45) is 4.62. The number of nitrogens with zero attached hydrogens (tertiary/aromatic N) is 2. The van der Waals surface area contributed by atoms with Crippen molar-refractivity contribution >= 4 is 17.5 Å². The van der Waals surface area contributed by atoms with Gasteiger partial charge in [-0.05, 0) is 33.1 Å². The lowest BCUT2D eigenvalue weighted by molar-refractivity contribution is -0.124. The topological polar surface area (TPSA) is 72.9 Å². The molecular formula is C12H19ClN4O. The third-order valence-electron chi connectivity index (χ3n) is 3.37. The van der Waals surface area contributed by atoms with Gasteiger partial charge < -0.3 is 11.1 Å². The quantitative estimate of drug-likeness (QED) is 0.817. The molecule has 1 aromatic heterocycles. The fraction of sp³-hybridized carbons (Fsp3) is 0.667. The molecule has 1 unspecified atom stereocenters. The van der Waals surface area contributed by atoms with Gasteiger partial charge in [-0.25, -0.2) is 0 Å². The minimum atomic E-state index is -0.673. The third-order valence-corrected chi connectivity index (χ3v) is 3.74. The zero-order chi connectivity index (χ0) is 13.3. The van der Waals surface area contributed by atoms with Gasteiger partial charge >= 0.3 is 0 Å². The van der Waals surface area contributed by atoms with Crippen molar-refractivity contribution < 1.29 is 4.79 Å². The Morgan fingerprint density at radius 2 is 2.39 bits per heavy atom. The number of hydrogen-bond donors (Lipinski definition) is 2. The summed E-state index contributed by atoms with van der Waals surface area (Å²) in [6.45, 7) is 4.33. The molecule has 2 rings (SSSR count). The molecule has 1 amide bonds. The van der Waals surface area contributed by atoms with E-state index in [1.807, 2.05) is 13.8 Å². The Bertz CT molecular complexity index is 435. The van der Waals surface area contributed by atoms with Gasteiger partial charge in [0.2, 0.25) is 5.91 Å². The molecule has 1 aliphatic carbocycles. The van der Waals surface area contributed by atoms with Crippen LogP contribution >= 0.6 is 11.6 Å². The number of halogens is 1. The highest BCUT2D eigenvalue weighted by Crippen LogP contribution is 2.24. The van der Waals surface area contributed by atoms with Crippen LogP contribution in [0.25, 0.3) is 0 Å². The van der Waals surface area contributed by atoms with E-state index in [0.717, 1.165) is 18.5 Å². The minimum Gasteiger partial charge on any atom is -0.368 e. The molecule has 1 heterocycles. The maximum Gasteiger partial charge on any atom is 0.237 e. The van der Waals surface area contributed by atoms with E-state index >= 15 is 0 Å². The van der Waals surface area contributed by atoms with Crippen LogP contribution in [0.15, 0.2) is 6.20 Å². The van der Waals surface area contributed by atoms with Crippen LogP contribution in [-0.4, -0.2) is 27.3 Å². The summed E-state index contributed by atoms with van der Waals surface area (Å²) in [5.74, 6) is -0.315. The minimum absolute atomic E-state index is 0.315. The number of aryl methyl sites for hydroxylation is 2. The van der Waals surface area contributed by atoms with Gasteiger partial charge in [0, 0.05) is 18.8 Å². The summed E-state index contributed by atoms with van der Waals surface area (Å²) in [6, 6.07) is 0.436. The smallest absolute Gasteiger partial charge is 0.237 e. The average molecular weight is 271 g/mol. The highest BCUT2D eigenvalue weighted by atomic mass is 35.5. The van der Waals surface area contributed by atoms with Gasteiger partial charge in [0.25, 0.3) is 0 Å². The number of hydrogen-bond acceptors (Lipinski definition) is 3. The Labute approximate surface area is 112 Å². The molecule has 0 spiro atoms. The number of nitrogens with one attached hydrogen (secondary N) is 1. The number of rotatable bonds is 6. The molecule has 1 atom stereocenters. The van der Waals surface area contributed by atoms with Crippen LogP contribution < -0.4 is 11.1 Å². The molecule has 0 aromatic carbocycles. The van der Waals surface area contributed by atoms with E-state index < -0.39 is 5.54 Å². The van der Waals surface area contributed by atoms with E-state index in [1.54, 1.807) is 10.9 Å². The number of carbonyl (C=O) groups is 1. The largest absolute Gasteiger partial charge is 0.368 e. The SMILES string of the molecule is Cc1nn(CCC(C)(NC2CC2)C(N)=O)cc1Cl. The third kappa shape index (κ3) is 3.03. The maximum absolute atomic E-state index is 11.6. The van der Waals surface area contributed by atoms with Crippen LogP contribution in [0.5, 0.6) is 0 Å². The number of amides is 1. The standard InChI is InChI=1S/C12H19ClN4O/c1-8-10(13)7-17(16-8)6-5-12(2,11(14)18)15-9-3-4-9/h7,9,15H,3-6H2,1-2H3,(H2,14,18). The van der Waals surface area contributed by atoms with Crippen LogP contribution in [0, 0.1) is 6.92 Å². The second-order valence-corrected chi connectivity index (χ2v) is 5.60. The molecule has 1 saturated carbocycles. The molecule has 0 radical (unpaired) electrons. The first kappa shape index (κ1) is 13.4. The predicted molar refractivity (Wildman–Crippen MR) is 70.3 cm³/mol. The van der Waals surface area contributed by atoms with E-state index in [9.17, 15) is 4.79 Å². The molecule has 5 nitrogen and oxygen atoms in total. The van der Waals surface area contributed by atoms with Crippen molar-refractivity contribution in [3.63, 3.8) is 0 Å². The lowest BCUT2D eigenvalue weighted by atomic mass is 9.96. The maximum atomic E-state index is 11.6. The Balaban J connectivity index is 1.98. The number of nitrogens with two attached hydrogens (primary N) is 1. The first-order valence-electron chi connectivity index (χ1n) is 6.18. The lowest BCUT2D eigenvalue weighted by Gasteiger charge is -2.27. The van der Waals surface area contributed by atoms with Gasteiger partial charge in [-0.3, -0.25) is 9.48 Å². The van der Waals surface area contributed by atoms with Crippen molar-refractivity contribution in [2.24, 2.45) is 5.73 Å². The summed E-state index contributed by atoms with van der Waals surface area (Å²) in [5, 5.41) is 8.23. The fourth-order valence-corrected chi connectivity index (χ4v) is 2.04. The van der Waals surface area contributed by atoms with E-state index in [4.69, 9.17) is 17.3 Å². The molecule has 18 heavy (non-hydrogen) atoms. The van der Waals surface area contributed by atoms with Crippen molar-refractivity contribution in [1.82, 2.24) is 15.1 Å². The zero-order valence-corrected chi connectivity index (χ0v) is 11.5. The van der Waals surface area contributed by atoms with Crippen molar-refractivity contribution in [3.8, 4) is 0 Å². The molecule has 1 aliphatic rings. The van der Waals surface area contributed by atoms with Crippen LogP contribution in [0.2, 0.25) is 5.02 Å². The molecule has 6 heteroatoms. The van der Waals surface area contributed by atoms with Gasteiger partial charge in [-0.2, -0.15) is 5.10 Å². The van der Waals surface area contributed by atoms with Gasteiger partial charge in [0.15, 0.2) is 0 Å². The van der Waals surface area contributed by atoms with E-state index in [2.05, 4.69) is 10.4 Å². The van der Waals surface area contributed by atoms with Gasteiger partial charge in [0.05, 0.1) is 16.3 Å². The molecule has 1 fully saturated rings. The van der Waals surface area contributed by atoms with Crippen LogP contribution in [0.3, 0.4) is 0 Å². The molecule has 0 aliphatic heterocycles. The van der Waals surface area contributed by atoms with E-state index in [-0.39, 0.29) is 5.91 Å². The number of carbonyl (C=O) groups excluding carboxylic acids is 1. The average Bonchev–Trinajstić information content (AvgIpc) is 3.03. The molecule has 3 N–H and O–H groups in total. The van der Waals surface area contributed by atoms with Crippen molar-refractivity contribution in [2.45, 2.75) is 51.2 Å². The summed E-state index contributed by atoms with van der Waals surface area (Å²) >= 11 is 5.95. The number of primary amides is 1. The molecular weight excluding hydrogens is 252 g/mol. The number of aromatic nitrogens is 2. The Hall–Kier alpha value is -1.07.